The minimum absolute atomic E-state index is 0.0291. The maximum atomic E-state index is 13.0. The van der Waals surface area contributed by atoms with Gasteiger partial charge in [-0.2, -0.15) is 0 Å². The maximum Gasteiger partial charge on any atom is 0.225 e. The van der Waals surface area contributed by atoms with Crippen LogP contribution in [0.5, 0.6) is 0 Å². The highest BCUT2D eigenvalue weighted by Crippen LogP contribution is 2.23. The van der Waals surface area contributed by atoms with Crippen molar-refractivity contribution in [3.05, 3.63) is 36.4 Å². The first-order valence-corrected chi connectivity index (χ1v) is 8.84. The van der Waals surface area contributed by atoms with E-state index < -0.39 is 15.8 Å². The van der Waals surface area contributed by atoms with Gasteiger partial charge in [0.15, 0.2) is 5.82 Å². The molecule has 0 aliphatic carbocycles. The first kappa shape index (κ1) is 15.8. The normalized spacial score (nSPS) is 18.0. The summed E-state index contributed by atoms with van der Waals surface area (Å²) in [5.74, 6) is -0.0633. The number of rotatable bonds is 5. The highest BCUT2D eigenvalue weighted by molar-refractivity contribution is 7.89. The van der Waals surface area contributed by atoms with E-state index in [4.69, 9.17) is 0 Å². The Labute approximate surface area is 133 Å². The van der Waals surface area contributed by atoms with E-state index in [1.807, 2.05) is 9.47 Å². The SMILES string of the molecule is CCS(=O)(=O)NCC1CN(c2ncc(F)cn2)Cc2cncn21. The molecule has 1 atom stereocenters. The topological polar surface area (TPSA) is 93.0 Å². The zero-order valence-electron chi connectivity index (χ0n) is 12.6. The summed E-state index contributed by atoms with van der Waals surface area (Å²) in [5, 5.41) is 0. The van der Waals surface area contributed by atoms with Crippen LogP contribution in [0.25, 0.3) is 0 Å². The number of nitrogens with zero attached hydrogens (tertiary/aromatic N) is 5. The molecule has 0 aromatic carbocycles. The molecule has 0 amide bonds. The molecule has 124 valence electrons. The Morgan fingerprint density at radius 1 is 1.35 bits per heavy atom. The molecule has 8 nitrogen and oxygen atoms in total. The molecule has 3 heterocycles. The Kier molecular flexibility index (Phi) is 4.26. The van der Waals surface area contributed by atoms with Gasteiger partial charge in [0.1, 0.15) is 0 Å². The molecule has 0 radical (unpaired) electrons. The lowest BCUT2D eigenvalue weighted by Gasteiger charge is -2.34. The molecule has 1 aliphatic rings. The van der Waals surface area contributed by atoms with Gasteiger partial charge in [0, 0.05) is 19.3 Å². The Hall–Kier alpha value is -2.07. The lowest BCUT2D eigenvalue weighted by Crippen LogP contribution is -2.43. The second-order valence-electron chi connectivity index (χ2n) is 5.28. The molecular formula is C13H17FN6O2S. The fourth-order valence-corrected chi connectivity index (χ4v) is 3.15. The van der Waals surface area contributed by atoms with Crippen molar-refractivity contribution in [1.82, 2.24) is 24.2 Å². The molecular weight excluding hydrogens is 323 g/mol. The number of halogens is 1. The van der Waals surface area contributed by atoms with Crippen LogP contribution < -0.4 is 9.62 Å². The summed E-state index contributed by atoms with van der Waals surface area (Å²) in [4.78, 5) is 14.0. The van der Waals surface area contributed by atoms with Crippen LogP contribution in [-0.4, -0.2) is 46.8 Å². The van der Waals surface area contributed by atoms with Crippen LogP contribution in [0, 0.1) is 5.82 Å². The quantitative estimate of drug-likeness (QED) is 0.842. The summed E-state index contributed by atoms with van der Waals surface area (Å²) in [6.07, 6.45) is 5.63. The zero-order valence-corrected chi connectivity index (χ0v) is 13.4. The summed E-state index contributed by atoms with van der Waals surface area (Å²) in [7, 11) is -3.28. The van der Waals surface area contributed by atoms with Crippen LogP contribution in [-0.2, 0) is 16.6 Å². The number of anilines is 1. The second kappa shape index (κ2) is 6.20. The molecule has 10 heteroatoms. The third-order valence-electron chi connectivity index (χ3n) is 3.73. The molecule has 0 saturated carbocycles. The van der Waals surface area contributed by atoms with Crippen molar-refractivity contribution in [1.29, 1.82) is 0 Å². The van der Waals surface area contributed by atoms with Gasteiger partial charge < -0.3 is 9.47 Å². The van der Waals surface area contributed by atoms with Crippen molar-refractivity contribution in [2.24, 2.45) is 0 Å². The predicted octanol–water partition coefficient (Wildman–Crippen LogP) is 0.313. The van der Waals surface area contributed by atoms with Crippen molar-refractivity contribution in [3.8, 4) is 0 Å². The Bertz CT molecular complexity index is 776. The number of fused-ring (bicyclic) bond motifs is 1. The van der Waals surface area contributed by atoms with Crippen LogP contribution in [0.2, 0.25) is 0 Å². The lowest BCUT2D eigenvalue weighted by atomic mass is 10.2. The number of hydrogen-bond acceptors (Lipinski definition) is 6. The number of aromatic nitrogens is 4. The van der Waals surface area contributed by atoms with Gasteiger partial charge in [0.2, 0.25) is 16.0 Å². The number of imidazole rings is 1. The smallest absolute Gasteiger partial charge is 0.225 e. The van der Waals surface area contributed by atoms with Crippen LogP contribution in [0.4, 0.5) is 10.3 Å². The number of sulfonamides is 1. The molecule has 1 N–H and O–H groups in total. The number of nitrogens with one attached hydrogen (secondary N) is 1. The van der Waals surface area contributed by atoms with Crippen molar-refractivity contribution in [2.75, 3.05) is 23.7 Å². The van der Waals surface area contributed by atoms with E-state index in [1.165, 1.54) is 0 Å². The van der Waals surface area contributed by atoms with Crippen molar-refractivity contribution >= 4 is 16.0 Å². The maximum absolute atomic E-state index is 13.0. The average Bonchev–Trinajstić information content (AvgIpc) is 3.02. The van der Waals surface area contributed by atoms with Gasteiger partial charge in [-0.15, -0.1) is 0 Å². The standard InChI is InChI=1S/C13H17FN6O2S/c1-2-23(21,22)18-6-12-8-19(7-11-5-15-9-20(11)12)13-16-3-10(14)4-17-13/h3-5,9,12,18H,2,6-8H2,1H3. The Morgan fingerprint density at radius 3 is 2.78 bits per heavy atom. The summed E-state index contributed by atoms with van der Waals surface area (Å²) >= 11 is 0. The van der Waals surface area contributed by atoms with Gasteiger partial charge in [-0.25, -0.2) is 32.5 Å². The van der Waals surface area contributed by atoms with E-state index in [1.54, 1.807) is 19.4 Å². The molecule has 23 heavy (non-hydrogen) atoms. The first-order chi connectivity index (χ1) is 11.0. The minimum atomic E-state index is -3.28. The molecule has 2 aromatic heterocycles. The van der Waals surface area contributed by atoms with E-state index in [0.29, 0.717) is 19.0 Å². The van der Waals surface area contributed by atoms with Gasteiger partial charge in [-0.05, 0) is 6.92 Å². The Morgan fingerprint density at radius 2 is 2.09 bits per heavy atom. The highest BCUT2D eigenvalue weighted by atomic mass is 32.2. The summed E-state index contributed by atoms with van der Waals surface area (Å²) in [6.45, 7) is 2.87. The molecule has 0 bridgehead atoms. The molecule has 0 spiro atoms. The molecule has 0 saturated heterocycles. The van der Waals surface area contributed by atoms with Crippen LogP contribution in [0.3, 0.4) is 0 Å². The summed E-state index contributed by atoms with van der Waals surface area (Å²) in [5.41, 5.74) is 0.921. The second-order valence-corrected chi connectivity index (χ2v) is 7.38. The van der Waals surface area contributed by atoms with E-state index in [0.717, 1.165) is 18.1 Å². The van der Waals surface area contributed by atoms with Gasteiger partial charge in [-0.1, -0.05) is 0 Å². The first-order valence-electron chi connectivity index (χ1n) is 7.19. The van der Waals surface area contributed by atoms with E-state index in [2.05, 4.69) is 19.7 Å². The number of hydrogen-bond donors (Lipinski definition) is 1. The van der Waals surface area contributed by atoms with Crippen LogP contribution >= 0.6 is 0 Å². The molecule has 1 unspecified atom stereocenters. The predicted molar refractivity (Wildman–Crippen MR) is 81.8 cm³/mol. The van der Waals surface area contributed by atoms with E-state index >= 15 is 0 Å². The van der Waals surface area contributed by atoms with Crippen LogP contribution in [0.1, 0.15) is 18.7 Å². The van der Waals surface area contributed by atoms with Gasteiger partial charge >= 0.3 is 0 Å². The summed E-state index contributed by atoms with van der Waals surface area (Å²) in [6, 6.07) is -0.142. The highest BCUT2D eigenvalue weighted by Gasteiger charge is 2.27. The average molecular weight is 340 g/mol. The Balaban J connectivity index is 1.81. The van der Waals surface area contributed by atoms with E-state index in [9.17, 15) is 12.8 Å². The summed E-state index contributed by atoms with van der Waals surface area (Å²) < 4.78 is 40.8. The van der Waals surface area contributed by atoms with Gasteiger partial charge in [0.25, 0.3) is 0 Å². The lowest BCUT2D eigenvalue weighted by molar-refractivity contribution is 0.428. The molecule has 0 fully saturated rings. The third kappa shape index (κ3) is 3.48. The monoisotopic (exact) mass is 340 g/mol. The molecule has 2 aromatic rings. The minimum Gasteiger partial charge on any atom is -0.333 e. The van der Waals surface area contributed by atoms with Crippen molar-refractivity contribution < 1.29 is 12.8 Å². The van der Waals surface area contributed by atoms with Crippen molar-refractivity contribution in [3.63, 3.8) is 0 Å². The van der Waals surface area contributed by atoms with Crippen LogP contribution in [0.15, 0.2) is 24.9 Å². The molecule has 1 aliphatic heterocycles. The van der Waals surface area contributed by atoms with Crippen molar-refractivity contribution in [2.45, 2.75) is 19.5 Å². The van der Waals surface area contributed by atoms with E-state index in [-0.39, 0.29) is 18.3 Å². The molecule has 3 rings (SSSR count). The van der Waals surface area contributed by atoms with Gasteiger partial charge in [0.05, 0.1) is 42.8 Å². The third-order valence-corrected chi connectivity index (χ3v) is 5.10. The zero-order chi connectivity index (χ0) is 16.4. The largest absolute Gasteiger partial charge is 0.333 e. The fourth-order valence-electron chi connectivity index (χ4n) is 2.49. The fraction of sp³-hybridized carbons (Fsp3) is 0.462. The van der Waals surface area contributed by atoms with Gasteiger partial charge in [-0.3, -0.25) is 0 Å².